The van der Waals surface area contributed by atoms with Crippen LogP contribution in [0.25, 0.3) is 0 Å². The highest BCUT2D eigenvalue weighted by molar-refractivity contribution is 7.92. The van der Waals surface area contributed by atoms with Gasteiger partial charge in [0.2, 0.25) is 0 Å². The Balaban J connectivity index is 4.62. The molecule has 0 fully saturated rings. The molecule has 0 saturated carbocycles. The third-order valence-electron chi connectivity index (χ3n) is 2.23. The molecule has 0 rings (SSSR count). The predicted molar refractivity (Wildman–Crippen MR) is 49.2 cm³/mol. The van der Waals surface area contributed by atoms with Crippen molar-refractivity contribution >= 4 is 15.6 Å². The Morgan fingerprint density at radius 1 is 1.20 bits per heavy atom. The zero-order valence-corrected chi connectivity index (χ0v) is 9.50. The Labute approximate surface area is 86.6 Å². The lowest BCUT2D eigenvalue weighted by Gasteiger charge is -2.20. The van der Waals surface area contributed by atoms with E-state index < -0.39 is 39.4 Å². The molecule has 0 aliphatic carbocycles. The summed E-state index contributed by atoms with van der Waals surface area (Å²) in [6.07, 6.45) is -5.70. The summed E-state index contributed by atoms with van der Waals surface area (Å²) in [4.78, 5) is 11.3. The zero-order chi connectivity index (χ0) is 12.5. The van der Waals surface area contributed by atoms with Crippen LogP contribution in [0, 0.1) is 0 Å². The molecule has 0 N–H and O–H groups in total. The van der Waals surface area contributed by atoms with Crippen molar-refractivity contribution in [2.24, 2.45) is 0 Å². The molecule has 0 bridgehead atoms. The van der Waals surface area contributed by atoms with Crippen molar-refractivity contribution in [3.05, 3.63) is 0 Å². The van der Waals surface area contributed by atoms with Crippen LogP contribution in [0.2, 0.25) is 0 Å². The Kier molecular flexibility index (Phi) is 3.95. The van der Waals surface area contributed by atoms with Crippen molar-refractivity contribution < 1.29 is 26.4 Å². The van der Waals surface area contributed by atoms with Crippen molar-refractivity contribution in [1.29, 1.82) is 0 Å². The monoisotopic (exact) mass is 246 g/mol. The van der Waals surface area contributed by atoms with Crippen LogP contribution < -0.4 is 0 Å². The van der Waals surface area contributed by atoms with Gasteiger partial charge in [0, 0.05) is 12.7 Å². The first-order valence-electron chi connectivity index (χ1n) is 4.17. The van der Waals surface area contributed by atoms with Crippen molar-refractivity contribution in [3.63, 3.8) is 0 Å². The number of rotatable bonds is 4. The van der Waals surface area contributed by atoms with Crippen molar-refractivity contribution in [2.75, 3.05) is 6.26 Å². The van der Waals surface area contributed by atoms with E-state index in [4.69, 9.17) is 0 Å². The number of Topliss-reactive ketones (excluding diaryl/α,β-unsaturated/α-hetero) is 1. The number of ketones is 1. The Morgan fingerprint density at radius 2 is 1.60 bits per heavy atom. The van der Waals surface area contributed by atoms with Gasteiger partial charge in [-0.2, -0.15) is 13.2 Å². The summed E-state index contributed by atoms with van der Waals surface area (Å²) in [5, 5.41) is 0. The van der Waals surface area contributed by atoms with E-state index in [9.17, 15) is 26.4 Å². The number of carbonyl (C=O) groups is 1. The molecule has 0 aliphatic rings. The second-order valence-electron chi connectivity index (χ2n) is 3.82. The number of carbonyl (C=O) groups excluding carboxylic acids is 1. The normalized spacial score (nSPS) is 14.0. The average molecular weight is 246 g/mol. The molecular formula is C8H13F3O3S. The van der Waals surface area contributed by atoms with Gasteiger partial charge in [-0.15, -0.1) is 0 Å². The van der Waals surface area contributed by atoms with Gasteiger partial charge in [0.25, 0.3) is 0 Å². The number of sulfone groups is 1. The van der Waals surface area contributed by atoms with E-state index in [0.29, 0.717) is 0 Å². The van der Waals surface area contributed by atoms with Crippen LogP contribution in [0.15, 0.2) is 0 Å². The van der Waals surface area contributed by atoms with Crippen molar-refractivity contribution in [3.8, 4) is 0 Å². The smallest absolute Gasteiger partial charge is 0.298 e. The molecule has 0 spiro atoms. The maximum atomic E-state index is 11.8. The fraction of sp³-hybridized carbons (Fsp3) is 0.875. The van der Waals surface area contributed by atoms with E-state index in [2.05, 4.69) is 0 Å². The third kappa shape index (κ3) is 4.19. The van der Waals surface area contributed by atoms with E-state index in [1.54, 1.807) is 0 Å². The lowest BCUT2D eigenvalue weighted by Crippen LogP contribution is -2.40. The van der Waals surface area contributed by atoms with Gasteiger partial charge in [0.15, 0.2) is 15.6 Å². The van der Waals surface area contributed by atoms with Crippen LogP contribution in [-0.2, 0) is 14.6 Å². The molecule has 0 aromatic rings. The number of halogens is 3. The van der Waals surface area contributed by atoms with E-state index in [1.807, 2.05) is 0 Å². The average Bonchev–Trinajstić information content (AvgIpc) is 1.96. The van der Waals surface area contributed by atoms with Crippen LogP contribution >= 0.6 is 0 Å². The largest absolute Gasteiger partial charge is 0.389 e. The molecule has 7 heteroatoms. The molecule has 0 radical (unpaired) electrons. The van der Waals surface area contributed by atoms with Gasteiger partial charge >= 0.3 is 6.18 Å². The van der Waals surface area contributed by atoms with Crippen molar-refractivity contribution in [2.45, 2.75) is 37.6 Å². The highest BCUT2D eigenvalue weighted by Crippen LogP contribution is 2.25. The van der Waals surface area contributed by atoms with Crippen LogP contribution in [0.3, 0.4) is 0 Å². The summed E-state index contributed by atoms with van der Waals surface area (Å²) in [6.45, 7) is 2.22. The summed E-state index contributed by atoms with van der Waals surface area (Å²) in [5.41, 5.74) is 0. The molecule has 0 aromatic carbocycles. The molecule has 0 aliphatic heterocycles. The molecule has 90 valence electrons. The quantitative estimate of drug-likeness (QED) is 0.759. The van der Waals surface area contributed by atoms with E-state index in [0.717, 1.165) is 20.1 Å². The molecule has 0 heterocycles. The van der Waals surface area contributed by atoms with Crippen LogP contribution in [0.1, 0.15) is 26.7 Å². The van der Waals surface area contributed by atoms with Gasteiger partial charge in [-0.3, -0.25) is 4.79 Å². The summed E-state index contributed by atoms with van der Waals surface area (Å²) >= 11 is 0. The minimum Gasteiger partial charge on any atom is -0.298 e. The Bertz CT molecular complexity index is 341. The predicted octanol–water partition coefficient (Wildman–Crippen LogP) is 1.72. The summed E-state index contributed by atoms with van der Waals surface area (Å²) < 4.78 is 55.9. The van der Waals surface area contributed by atoms with Gasteiger partial charge < -0.3 is 0 Å². The Morgan fingerprint density at radius 3 is 1.87 bits per heavy atom. The second-order valence-corrected chi connectivity index (χ2v) is 6.39. The van der Waals surface area contributed by atoms with Gasteiger partial charge in [-0.25, -0.2) is 8.42 Å². The first-order valence-corrected chi connectivity index (χ1v) is 6.07. The molecule has 3 nitrogen and oxygen atoms in total. The van der Waals surface area contributed by atoms with Crippen LogP contribution in [-0.4, -0.2) is 31.4 Å². The maximum Gasteiger partial charge on any atom is 0.389 e. The molecular weight excluding hydrogens is 233 g/mol. The second kappa shape index (κ2) is 4.11. The molecule has 0 amide bonds. The first-order chi connectivity index (χ1) is 6.38. The fourth-order valence-electron chi connectivity index (χ4n) is 0.763. The highest BCUT2D eigenvalue weighted by Gasteiger charge is 2.39. The van der Waals surface area contributed by atoms with Gasteiger partial charge in [0.1, 0.15) is 4.75 Å². The van der Waals surface area contributed by atoms with Gasteiger partial charge in [0.05, 0.1) is 6.42 Å². The summed E-state index contributed by atoms with van der Waals surface area (Å²) in [7, 11) is -3.69. The summed E-state index contributed by atoms with van der Waals surface area (Å²) in [5.74, 6) is -0.915. The van der Waals surface area contributed by atoms with Crippen LogP contribution in [0.4, 0.5) is 13.2 Å². The topological polar surface area (TPSA) is 51.2 Å². The molecule has 0 saturated heterocycles. The number of alkyl halides is 3. The standard InChI is InChI=1S/C8H13F3O3S/c1-7(2,15(3,13)14)6(12)4-5-8(9,10)11/h4-5H2,1-3H3. The van der Waals surface area contributed by atoms with E-state index in [-0.39, 0.29) is 0 Å². The SMILES string of the molecule is CC(C)(C(=O)CCC(F)(F)F)S(C)(=O)=O. The first kappa shape index (κ1) is 14.4. The number of hydrogen-bond donors (Lipinski definition) is 0. The molecule has 0 atom stereocenters. The zero-order valence-electron chi connectivity index (χ0n) is 8.68. The van der Waals surface area contributed by atoms with Crippen molar-refractivity contribution in [1.82, 2.24) is 0 Å². The number of hydrogen-bond acceptors (Lipinski definition) is 3. The lowest BCUT2D eigenvalue weighted by atomic mass is 10.0. The summed E-state index contributed by atoms with van der Waals surface area (Å²) in [6, 6.07) is 0. The van der Waals surface area contributed by atoms with E-state index in [1.165, 1.54) is 0 Å². The van der Waals surface area contributed by atoms with Gasteiger partial charge in [-0.1, -0.05) is 0 Å². The fourth-order valence-corrected chi connectivity index (χ4v) is 1.28. The third-order valence-corrected chi connectivity index (χ3v) is 4.32. The molecule has 15 heavy (non-hydrogen) atoms. The Hall–Kier alpha value is -0.590. The van der Waals surface area contributed by atoms with Gasteiger partial charge in [-0.05, 0) is 13.8 Å². The minimum absolute atomic E-state index is 0.802. The molecule has 0 unspecified atom stereocenters. The van der Waals surface area contributed by atoms with E-state index >= 15 is 0 Å². The maximum absolute atomic E-state index is 11.8. The lowest BCUT2D eigenvalue weighted by molar-refractivity contribution is -0.143. The molecule has 0 aromatic heterocycles. The minimum atomic E-state index is -4.44. The highest BCUT2D eigenvalue weighted by atomic mass is 32.2. The van der Waals surface area contributed by atoms with Crippen LogP contribution in [0.5, 0.6) is 0 Å².